The first-order valence-electron chi connectivity index (χ1n) is 7.93. The normalized spacial score (nSPS) is 23.8. The van der Waals surface area contributed by atoms with Gasteiger partial charge in [0, 0.05) is 9.11 Å². The summed E-state index contributed by atoms with van der Waals surface area (Å²) >= 11 is 2.38. The van der Waals surface area contributed by atoms with E-state index < -0.39 is 0 Å². The zero-order valence-corrected chi connectivity index (χ0v) is 15.2. The van der Waals surface area contributed by atoms with Gasteiger partial charge in [-0.2, -0.15) is 0 Å². The summed E-state index contributed by atoms with van der Waals surface area (Å²) in [5.41, 5.74) is 1.75. The van der Waals surface area contributed by atoms with Crippen molar-refractivity contribution in [1.29, 1.82) is 0 Å². The van der Waals surface area contributed by atoms with Crippen molar-refractivity contribution < 1.29 is 0 Å². The molecular formula is C18H28IN. The predicted octanol–water partition coefficient (Wildman–Crippen LogP) is 5.03. The van der Waals surface area contributed by atoms with Gasteiger partial charge in [0.15, 0.2) is 0 Å². The molecule has 0 bridgehead atoms. The summed E-state index contributed by atoms with van der Waals surface area (Å²) < 4.78 is 1.33. The van der Waals surface area contributed by atoms with Crippen molar-refractivity contribution in [3.63, 3.8) is 0 Å². The van der Waals surface area contributed by atoms with Gasteiger partial charge in [0.25, 0.3) is 0 Å². The summed E-state index contributed by atoms with van der Waals surface area (Å²) in [6.07, 6.45) is 6.90. The van der Waals surface area contributed by atoms with Crippen LogP contribution in [0.1, 0.15) is 52.0 Å². The minimum absolute atomic E-state index is 0.241. The number of nitrogens with one attached hydrogen (secondary N) is 1. The van der Waals surface area contributed by atoms with Crippen LogP contribution >= 0.6 is 22.6 Å². The Morgan fingerprint density at radius 2 is 1.65 bits per heavy atom. The van der Waals surface area contributed by atoms with Crippen molar-refractivity contribution in [3.05, 3.63) is 33.4 Å². The molecule has 2 rings (SSSR count). The Bertz CT molecular complexity index is 404. The van der Waals surface area contributed by atoms with Crippen LogP contribution in [0.4, 0.5) is 0 Å². The van der Waals surface area contributed by atoms with Gasteiger partial charge in [-0.1, -0.05) is 25.0 Å². The number of hydrogen-bond acceptors (Lipinski definition) is 1. The minimum Gasteiger partial charge on any atom is -0.312 e. The molecule has 1 N–H and O–H groups in total. The Morgan fingerprint density at radius 3 is 2.25 bits per heavy atom. The Balaban J connectivity index is 1.94. The summed E-state index contributed by atoms with van der Waals surface area (Å²) in [4.78, 5) is 0. The largest absolute Gasteiger partial charge is 0.312 e. The van der Waals surface area contributed by atoms with E-state index in [0.717, 1.165) is 11.8 Å². The highest BCUT2D eigenvalue weighted by Crippen LogP contribution is 2.32. The summed E-state index contributed by atoms with van der Waals surface area (Å²) in [7, 11) is 0. The Morgan fingerprint density at radius 1 is 1.05 bits per heavy atom. The van der Waals surface area contributed by atoms with Crippen molar-refractivity contribution >= 4 is 22.6 Å². The molecule has 1 fully saturated rings. The highest BCUT2D eigenvalue weighted by molar-refractivity contribution is 14.1. The van der Waals surface area contributed by atoms with E-state index in [-0.39, 0.29) is 5.54 Å². The highest BCUT2D eigenvalue weighted by atomic mass is 127. The third-order valence-electron chi connectivity index (χ3n) is 4.37. The standard InChI is InChI=1S/C18H28IN/c1-18(2,3)20-13-16-7-5-4-6-15(16)12-14-8-10-17(19)11-9-14/h8-11,15-16,20H,4-7,12-13H2,1-3H3. The molecule has 112 valence electrons. The van der Waals surface area contributed by atoms with Gasteiger partial charge in [-0.15, -0.1) is 0 Å². The van der Waals surface area contributed by atoms with Gasteiger partial charge in [0.1, 0.15) is 0 Å². The third-order valence-corrected chi connectivity index (χ3v) is 5.09. The zero-order chi connectivity index (χ0) is 14.6. The molecule has 0 amide bonds. The molecule has 2 unspecified atom stereocenters. The molecule has 20 heavy (non-hydrogen) atoms. The molecule has 1 nitrogen and oxygen atoms in total. The third kappa shape index (κ3) is 5.36. The van der Waals surface area contributed by atoms with E-state index in [4.69, 9.17) is 0 Å². The zero-order valence-electron chi connectivity index (χ0n) is 13.1. The van der Waals surface area contributed by atoms with Crippen LogP contribution in [0.15, 0.2) is 24.3 Å². The monoisotopic (exact) mass is 385 g/mol. The lowest BCUT2D eigenvalue weighted by Gasteiger charge is -2.34. The average Bonchev–Trinajstić information content (AvgIpc) is 2.39. The van der Waals surface area contributed by atoms with Crippen LogP contribution in [0.25, 0.3) is 0 Å². The van der Waals surface area contributed by atoms with Crippen molar-refractivity contribution in [2.75, 3.05) is 6.54 Å². The highest BCUT2D eigenvalue weighted by Gasteiger charge is 2.26. The SMILES string of the molecule is CC(C)(C)NCC1CCCCC1Cc1ccc(I)cc1. The van der Waals surface area contributed by atoms with E-state index in [2.05, 4.69) is 72.9 Å². The molecule has 0 spiro atoms. The molecule has 0 aliphatic heterocycles. The second-order valence-electron chi connectivity index (χ2n) is 7.27. The van der Waals surface area contributed by atoms with Crippen LogP contribution in [0.5, 0.6) is 0 Å². The van der Waals surface area contributed by atoms with Crippen LogP contribution in [-0.2, 0) is 6.42 Å². The molecule has 1 aliphatic carbocycles. The van der Waals surface area contributed by atoms with Crippen LogP contribution in [0, 0.1) is 15.4 Å². The van der Waals surface area contributed by atoms with Crippen molar-refractivity contribution in [3.8, 4) is 0 Å². The Labute approximate surface area is 138 Å². The molecule has 0 aromatic heterocycles. The fraction of sp³-hybridized carbons (Fsp3) is 0.667. The first kappa shape index (κ1) is 16.3. The molecule has 0 saturated heterocycles. The summed E-state index contributed by atoms with van der Waals surface area (Å²) in [5.74, 6) is 1.71. The lowest BCUT2D eigenvalue weighted by Crippen LogP contribution is -2.41. The maximum atomic E-state index is 3.72. The van der Waals surface area contributed by atoms with Gasteiger partial charge in [-0.25, -0.2) is 0 Å². The first-order valence-corrected chi connectivity index (χ1v) is 9.01. The van der Waals surface area contributed by atoms with Crippen molar-refractivity contribution in [2.45, 2.75) is 58.4 Å². The Kier molecular flexibility index (Phi) is 5.91. The van der Waals surface area contributed by atoms with Crippen LogP contribution in [0.2, 0.25) is 0 Å². The van der Waals surface area contributed by atoms with E-state index >= 15 is 0 Å². The van der Waals surface area contributed by atoms with Gasteiger partial charge < -0.3 is 5.32 Å². The van der Waals surface area contributed by atoms with Crippen molar-refractivity contribution in [2.24, 2.45) is 11.8 Å². The molecule has 2 atom stereocenters. The van der Waals surface area contributed by atoms with Crippen LogP contribution in [0.3, 0.4) is 0 Å². The predicted molar refractivity (Wildman–Crippen MR) is 96.1 cm³/mol. The fourth-order valence-corrected chi connectivity index (χ4v) is 3.54. The molecule has 0 radical (unpaired) electrons. The minimum atomic E-state index is 0.241. The van der Waals surface area contributed by atoms with E-state index in [9.17, 15) is 0 Å². The van der Waals surface area contributed by atoms with E-state index in [1.807, 2.05) is 0 Å². The number of rotatable bonds is 4. The van der Waals surface area contributed by atoms with Crippen molar-refractivity contribution in [1.82, 2.24) is 5.32 Å². The van der Waals surface area contributed by atoms with E-state index in [0.29, 0.717) is 0 Å². The summed E-state index contributed by atoms with van der Waals surface area (Å²) in [6, 6.07) is 9.09. The molecular weight excluding hydrogens is 357 g/mol. The molecule has 0 heterocycles. The quantitative estimate of drug-likeness (QED) is 0.717. The maximum Gasteiger partial charge on any atom is 0.0130 e. The summed E-state index contributed by atoms with van der Waals surface area (Å²) in [5, 5.41) is 3.72. The second-order valence-corrected chi connectivity index (χ2v) is 8.51. The van der Waals surface area contributed by atoms with Gasteiger partial charge in [0.2, 0.25) is 0 Å². The van der Waals surface area contributed by atoms with Gasteiger partial charge in [-0.3, -0.25) is 0 Å². The summed E-state index contributed by atoms with van der Waals surface area (Å²) in [6.45, 7) is 7.98. The van der Waals surface area contributed by atoms with Gasteiger partial charge in [0.05, 0.1) is 0 Å². The average molecular weight is 385 g/mol. The second kappa shape index (κ2) is 7.26. The molecule has 1 aromatic rings. The van der Waals surface area contributed by atoms with E-state index in [1.165, 1.54) is 47.8 Å². The molecule has 2 heteroatoms. The van der Waals surface area contributed by atoms with Gasteiger partial charge in [-0.05, 0) is 98.7 Å². The maximum absolute atomic E-state index is 3.72. The Hall–Kier alpha value is -0.0900. The van der Waals surface area contributed by atoms with E-state index in [1.54, 1.807) is 0 Å². The molecule has 1 aromatic carbocycles. The number of hydrogen-bond donors (Lipinski definition) is 1. The van der Waals surface area contributed by atoms with Gasteiger partial charge >= 0.3 is 0 Å². The smallest absolute Gasteiger partial charge is 0.0130 e. The fourth-order valence-electron chi connectivity index (χ4n) is 3.18. The lowest BCUT2D eigenvalue weighted by molar-refractivity contribution is 0.213. The lowest BCUT2D eigenvalue weighted by atomic mass is 9.76. The van der Waals surface area contributed by atoms with Crippen LogP contribution < -0.4 is 5.32 Å². The number of benzene rings is 1. The topological polar surface area (TPSA) is 12.0 Å². The number of halogens is 1. The first-order chi connectivity index (χ1) is 9.44. The molecule has 1 aliphatic rings. The van der Waals surface area contributed by atoms with Crippen LogP contribution in [-0.4, -0.2) is 12.1 Å². The molecule has 1 saturated carbocycles.